The van der Waals surface area contributed by atoms with E-state index in [1.807, 2.05) is 0 Å². The Balaban J connectivity index is 3.84. The van der Waals surface area contributed by atoms with Crippen LogP contribution in [0.5, 0.6) is 0 Å². The van der Waals surface area contributed by atoms with Crippen molar-refractivity contribution in [3.05, 3.63) is 0 Å². The lowest BCUT2D eigenvalue weighted by atomic mass is 10.0. The van der Waals surface area contributed by atoms with Crippen molar-refractivity contribution in [2.45, 2.75) is 39.5 Å². The maximum absolute atomic E-state index is 11.4. The number of hydrogen-bond acceptors (Lipinski definition) is 5. The lowest BCUT2D eigenvalue weighted by Crippen LogP contribution is -2.30. The van der Waals surface area contributed by atoms with Crippen molar-refractivity contribution in [2.24, 2.45) is 5.92 Å². The Labute approximate surface area is 101 Å². The average Bonchev–Trinajstić information content (AvgIpc) is 2.22. The molecular formula is C12H20O5. The summed E-state index contributed by atoms with van der Waals surface area (Å²) in [5.74, 6) is -3.00. The Morgan fingerprint density at radius 2 is 1.53 bits per heavy atom. The predicted molar refractivity (Wildman–Crippen MR) is 61.4 cm³/mol. The molecular weight excluding hydrogens is 224 g/mol. The lowest BCUT2D eigenvalue weighted by Gasteiger charge is -2.10. The molecule has 0 atom stereocenters. The molecule has 0 aliphatic carbocycles. The second-order valence-corrected chi connectivity index (χ2v) is 3.96. The molecule has 0 unspecified atom stereocenters. The van der Waals surface area contributed by atoms with Gasteiger partial charge in [0.1, 0.15) is 0 Å². The van der Waals surface area contributed by atoms with E-state index in [1.165, 1.54) is 13.8 Å². The zero-order chi connectivity index (χ0) is 13.3. The maximum atomic E-state index is 11.4. The molecule has 0 rings (SSSR count). The summed E-state index contributed by atoms with van der Waals surface area (Å²) in [4.78, 5) is 33.5. The molecule has 0 heterocycles. The molecule has 0 aromatic heterocycles. The number of aliphatic hydroxyl groups is 1. The van der Waals surface area contributed by atoms with Gasteiger partial charge in [-0.15, -0.1) is 0 Å². The highest BCUT2D eigenvalue weighted by Crippen LogP contribution is 2.05. The predicted octanol–water partition coefficient (Wildman–Crippen LogP) is 0.877. The largest absolute Gasteiger partial charge is 0.465 e. The van der Waals surface area contributed by atoms with Gasteiger partial charge in [0.25, 0.3) is 0 Å². The summed E-state index contributed by atoms with van der Waals surface area (Å²) in [7, 11) is 0. The zero-order valence-corrected chi connectivity index (χ0v) is 10.4. The van der Waals surface area contributed by atoms with E-state index in [-0.39, 0.29) is 13.2 Å². The first-order valence-corrected chi connectivity index (χ1v) is 5.79. The molecule has 17 heavy (non-hydrogen) atoms. The SMILES string of the molecule is CC(=O)C(C(C)=O)C(=O)OCCCCCCO. The van der Waals surface area contributed by atoms with Crippen LogP contribution in [0.2, 0.25) is 0 Å². The van der Waals surface area contributed by atoms with Crippen molar-refractivity contribution in [2.75, 3.05) is 13.2 Å². The van der Waals surface area contributed by atoms with Gasteiger partial charge >= 0.3 is 5.97 Å². The van der Waals surface area contributed by atoms with Crippen molar-refractivity contribution in [1.82, 2.24) is 0 Å². The fourth-order valence-electron chi connectivity index (χ4n) is 1.44. The second kappa shape index (κ2) is 8.87. The standard InChI is InChI=1S/C12H20O5/c1-9(14)11(10(2)15)12(16)17-8-6-4-3-5-7-13/h11,13H,3-8H2,1-2H3. The van der Waals surface area contributed by atoms with Crippen molar-refractivity contribution >= 4 is 17.5 Å². The number of Topliss-reactive ketones (excluding diaryl/α,β-unsaturated/α-hetero) is 2. The second-order valence-electron chi connectivity index (χ2n) is 3.96. The van der Waals surface area contributed by atoms with Crippen LogP contribution in [0.4, 0.5) is 0 Å². The molecule has 0 aliphatic rings. The first-order chi connectivity index (χ1) is 8.00. The Bertz CT molecular complexity index is 258. The first kappa shape index (κ1) is 15.8. The summed E-state index contributed by atoms with van der Waals surface area (Å²) in [5.41, 5.74) is 0. The van der Waals surface area contributed by atoms with E-state index in [9.17, 15) is 14.4 Å². The average molecular weight is 244 g/mol. The van der Waals surface area contributed by atoms with Gasteiger partial charge in [0, 0.05) is 6.61 Å². The first-order valence-electron chi connectivity index (χ1n) is 5.79. The van der Waals surface area contributed by atoms with E-state index < -0.39 is 23.5 Å². The van der Waals surface area contributed by atoms with Gasteiger partial charge < -0.3 is 9.84 Å². The molecule has 0 amide bonds. The molecule has 0 aromatic carbocycles. The van der Waals surface area contributed by atoms with Crippen LogP contribution in [0.3, 0.4) is 0 Å². The van der Waals surface area contributed by atoms with Crippen LogP contribution < -0.4 is 0 Å². The van der Waals surface area contributed by atoms with Gasteiger partial charge in [-0.1, -0.05) is 6.42 Å². The molecule has 0 aromatic rings. The van der Waals surface area contributed by atoms with Gasteiger partial charge in [-0.25, -0.2) is 0 Å². The minimum atomic E-state index is -1.27. The molecule has 0 radical (unpaired) electrons. The molecule has 0 spiro atoms. The van der Waals surface area contributed by atoms with E-state index in [1.54, 1.807) is 0 Å². The Hall–Kier alpha value is -1.23. The maximum Gasteiger partial charge on any atom is 0.324 e. The summed E-state index contributed by atoms with van der Waals surface area (Å²) >= 11 is 0. The van der Waals surface area contributed by atoms with E-state index in [0.29, 0.717) is 6.42 Å². The third-order valence-corrected chi connectivity index (χ3v) is 2.35. The number of ether oxygens (including phenoxy) is 1. The van der Waals surface area contributed by atoms with Gasteiger partial charge in [-0.2, -0.15) is 0 Å². The van der Waals surface area contributed by atoms with Crippen LogP contribution in [0.15, 0.2) is 0 Å². The van der Waals surface area contributed by atoms with Crippen LogP contribution >= 0.6 is 0 Å². The monoisotopic (exact) mass is 244 g/mol. The van der Waals surface area contributed by atoms with E-state index in [2.05, 4.69) is 0 Å². The number of aliphatic hydroxyl groups excluding tert-OH is 1. The van der Waals surface area contributed by atoms with Gasteiger partial charge in [0.15, 0.2) is 17.5 Å². The molecule has 0 fully saturated rings. The van der Waals surface area contributed by atoms with Gasteiger partial charge in [-0.3, -0.25) is 14.4 Å². The Morgan fingerprint density at radius 1 is 1.00 bits per heavy atom. The van der Waals surface area contributed by atoms with E-state index in [4.69, 9.17) is 9.84 Å². The summed E-state index contributed by atoms with van der Waals surface area (Å²) < 4.78 is 4.86. The molecule has 98 valence electrons. The zero-order valence-electron chi connectivity index (χ0n) is 10.4. The van der Waals surface area contributed by atoms with Gasteiger partial charge in [0.2, 0.25) is 0 Å². The molecule has 0 bridgehead atoms. The topological polar surface area (TPSA) is 80.7 Å². The van der Waals surface area contributed by atoms with Crippen molar-refractivity contribution in [1.29, 1.82) is 0 Å². The van der Waals surface area contributed by atoms with E-state index in [0.717, 1.165) is 19.3 Å². The van der Waals surface area contributed by atoms with Crippen LogP contribution in [-0.2, 0) is 19.1 Å². The van der Waals surface area contributed by atoms with Crippen molar-refractivity contribution in [3.8, 4) is 0 Å². The molecule has 0 saturated heterocycles. The lowest BCUT2D eigenvalue weighted by molar-refractivity contribution is -0.154. The van der Waals surface area contributed by atoms with Crippen LogP contribution in [0.25, 0.3) is 0 Å². The normalized spacial score (nSPS) is 10.4. The van der Waals surface area contributed by atoms with E-state index >= 15 is 0 Å². The number of carbonyl (C=O) groups excluding carboxylic acids is 3. The third kappa shape index (κ3) is 6.84. The summed E-state index contributed by atoms with van der Waals surface area (Å²) in [6.07, 6.45) is 3.13. The Morgan fingerprint density at radius 3 is 2.00 bits per heavy atom. The van der Waals surface area contributed by atoms with Crippen molar-refractivity contribution < 1.29 is 24.2 Å². The van der Waals surface area contributed by atoms with Crippen molar-refractivity contribution in [3.63, 3.8) is 0 Å². The fraction of sp³-hybridized carbons (Fsp3) is 0.750. The number of ketones is 2. The summed E-state index contributed by atoms with van der Waals surface area (Å²) in [6.45, 7) is 2.78. The van der Waals surface area contributed by atoms with Crippen LogP contribution in [0, 0.1) is 5.92 Å². The number of unbranched alkanes of at least 4 members (excludes halogenated alkanes) is 3. The highest BCUT2D eigenvalue weighted by molar-refractivity contribution is 6.15. The molecule has 5 nitrogen and oxygen atoms in total. The number of rotatable bonds is 9. The minimum Gasteiger partial charge on any atom is -0.465 e. The quantitative estimate of drug-likeness (QED) is 0.370. The number of hydrogen-bond donors (Lipinski definition) is 1. The highest BCUT2D eigenvalue weighted by atomic mass is 16.5. The molecule has 1 N–H and O–H groups in total. The summed E-state index contributed by atoms with van der Waals surface area (Å²) in [6, 6.07) is 0. The highest BCUT2D eigenvalue weighted by Gasteiger charge is 2.29. The number of carbonyl (C=O) groups is 3. The minimum absolute atomic E-state index is 0.163. The van der Waals surface area contributed by atoms with Gasteiger partial charge in [0.05, 0.1) is 6.61 Å². The fourth-order valence-corrected chi connectivity index (χ4v) is 1.44. The molecule has 5 heteroatoms. The smallest absolute Gasteiger partial charge is 0.324 e. The summed E-state index contributed by atoms with van der Waals surface area (Å²) in [5, 5.41) is 8.55. The van der Waals surface area contributed by atoms with Gasteiger partial charge in [-0.05, 0) is 33.1 Å². The molecule has 0 saturated carbocycles. The van der Waals surface area contributed by atoms with Crippen LogP contribution in [0.1, 0.15) is 39.5 Å². The number of esters is 1. The Kier molecular flexibility index (Phi) is 8.23. The third-order valence-electron chi connectivity index (χ3n) is 2.35. The molecule has 0 aliphatic heterocycles. The van der Waals surface area contributed by atoms with Crippen LogP contribution in [-0.4, -0.2) is 35.9 Å².